The lowest BCUT2D eigenvalue weighted by molar-refractivity contribution is -0.242. The number of carbonyl (C=O) groups is 1. The maximum atomic E-state index is 11.4. The zero-order valence-electron chi connectivity index (χ0n) is 10.1. The number of hydrogen-bond donors (Lipinski definition) is 5. The van der Waals surface area contributed by atoms with Crippen molar-refractivity contribution in [2.75, 3.05) is 6.61 Å². The van der Waals surface area contributed by atoms with Crippen molar-refractivity contribution in [1.82, 2.24) is 4.98 Å². The van der Waals surface area contributed by atoms with Crippen LogP contribution in [-0.4, -0.2) is 55.7 Å². The average Bonchev–Trinajstić information content (AvgIpc) is 2.62. The molecule has 1 fully saturated rings. The summed E-state index contributed by atoms with van der Waals surface area (Å²) in [6.07, 6.45) is -2.53. The quantitative estimate of drug-likeness (QED) is 0.428. The number of aromatic nitrogens is 1. The van der Waals surface area contributed by atoms with E-state index in [9.17, 15) is 20.1 Å². The molecule has 4 atom stereocenters. The predicted molar refractivity (Wildman–Crippen MR) is 65.3 cm³/mol. The lowest BCUT2D eigenvalue weighted by atomic mass is 9.87. The molecular formula is C11H13ClN2O6. The molecule has 9 heteroatoms. The first kappa shape index (κ1) is 15.1. The van der Waals surface area contributed by atoms with Crippen molar-refractivity contribution in [3.8, 4) is 0 Å². The number of hydrogen-bond acceptors (Lipinski definition) is 7. The van der Waals surface area contributed by atoms with Crippen LogP contribution < -0.4 is 5.73 Å². The monoisotopic (exact) mass is 304 g/mol. The van der Waals surface area contributed by atoms with Crippen LogP contribution in [0.25, 0.3) is 0 Å². The van der Waals surface area contributed by atoms with Gasteiger partial charge in [0.05, 0.1) is 11.6 Å². The first-order valence-corrected chi connectivity index (χ1v) is 5.98. The summed E-state index contributed by atoms with van der Waals surface area (Å²) in [6, 6.07) is 2.84. The zero-order chi connectivity index (χ0) is 15.1. The Morgan fingerprint density at radius 3 is 2.65 bits per heavy atom. The van der Waals surface area contributed by atoms with Crippen molar-refractivity contribution in [3.05, 3.63) is 29.0 Å². The molecule has 20 heavy (non-hydrogen) atoms. The first-order valence-electron chi connectivity index (χ1n) is 5.60. The number of amides is 1. The molecule has 1 aromatic heterocycles. The highest BCUT2D eigenvalue weighted by Gasteiger charge is 2.67. The summed E-state index contributed by atoms with van der Waals surface area (Å²) in [6.45, 7) is -0.858. The van der Waals surface area contributed by atoms with Gasteiger partial charge in [0.25, 0.3) is 5.91 Å². The van der Waals surface area contributed by atoms with E-state index >= 15 is 0 Å². The van der Waals surface area contributed by atoms with Crippen molar-refractivity contribution in [3.63, 3.8) is 0 Å². The van der Waals surface area contributed by atoms with Gasteiger partial charge in [0.15, 0.2) is 6.10 Å². The molecule has 0 aromatic carbocycles. The molecule has 2 heterocycles. The maximum absolute atomic E-state index is 11.4. The number of aliphatic hydroxyl groups excluding tert-OH is 2. The molecule has 0 unspecified atom stereocenters. The van der Waals surface area contributed by atoms with Crippen LogP contribution in [0.1, 0.15) is 5.69 Å². The molecule has 0 aliphatic carbocycles. The molecule has 1 amide bonds. The Kier molecular flexibility index (Phi) is 3.71. The van der Waals surface area contributed by atoms with Gasteiger partial charge in [-0.2, -0.15) is 0 Å². The summed E-state index contributed by atoms with van der Waals surface area (Å²) in [5, 5.41) is 39.7. The molecule has 1 saturated heterocycles. The second kappa shape index (κ2) is 4.92. The highest BCUT2D eigenvalue weighted by atomic mass is 35.5. The molecule has 1 aliphatic heterocycles. The van der Waals surface area contributed by atoms with Gasteiger partial charge in [0.1, 0.15) is 11.8 Å². The van der Waals surface area contributed by atoms with Crippen molar-refractivity contribution in [2.24, 2.45) is 5.73 Å². The van der Waals surface area contributed by atoms with Gasteiger partial charge in [-0.15, -0.1) is 0 Å². The molecule has 1 aromatic rings. The molecule has 0 bridgehead atoms. The molecule has 8 nitrogen and oxygen atoms in total. The molecule has 1 aliphatic rings. The fraction of sp³-hybridized carbons (Fsp3) is 0.455. The van der Waals surface area contributed by atoms with Crippen LogP contribution in [0.2, 0.25) is 5.02 Å². The maximum Gasteiger partial charge on any atom is 0.255 e. The highest BCUT2D eigenvalue weighted by Crippen LogP contribution is 2.44. The lowest BCUT2D eigenvalue weighted by Gasteiger charge is -2.29. The first-order chi connectivity index (χ1) is 9.28. The third kappa shape index (κ3) is 1.89. The number of nitrogens with two attached hydrogens (primary N) is 1. The normalized spacial score (nSPS) is 37.0. The molecule has 6 N–H and O–H groups in total. The number of aliphatic hydroxyl groups is 4. The third-order valence-corrected chi connectivity index (χ3v) is 3.56. The van der Waals surface area contributed by atoms with E-state index < -0.39 is 36.1 Å². The van der Waals surface area contributed by atoms with E-state index in [0.717, 1.165) is 0 Å². The van der Waals surface area contributed by atoms with Crippen molar-refractivity contribution in [1.29, 1.82) is 0 Å². The largest absolute Gasteiger partial charge is 0.394 e. The van der Waals surface area contributed by atoms with Crippen LogP contribution in [0.5, 0.6) is 0 Å². The van der Waals surface area contributed by atoms with E-state index in [1.807, 2.05) is 0 Å². The zero-order valence-corrected chi connectivity index (χ0v) is 10.9. The second-order valence-corrected chi connectivity index (χ2v) is 4.82. The topological polar surface area (TPSA) is 146 Å². The van der Waals surface area contributed by atoms with Crippen LogP contribution in [0, 0.1) is 0 Å². The molecule has 0 radical (unpaired) electrons. The fourth-order valence-corrected chi connectivity index (χ4v) is 2.41. The van der Waals surface area contributed by atoms with Gasteiger partial charge in [-0.25, -0.2) is 0 Å². The van der Waals surface area contributed by atoms with E-state index in [1.165, 1.54) is 18.3 Å². The minimum Gasteiger partial charge on any atom is -0.394 e. The summed E-state index contributed by atoms with van der Waals surface area (Å²) in [5.41, 5.74) is 2.04. The van der Waals surface area contributed by atoms with Crippen LogP contribution in [-0.2, 0) is 15.3 Å². The van der Waals surface area contributed by atoms with Gasteiger partial charge >= 0.3 is 0 Å². The Bertz CT molecular complexity index is 543. The van der Waals surface area contributed by atoms with Crippen molar-refractivity contribution >= 4 is 17.5 Å². The highest BCUT2D eigenvalue weighted by molar-refractivity contribution is 6.31. The van der Waals surface area contributed by atoms with Gasteiger partial charge in [-0.3, -0.25) is 9.78 Å². The van der Waals surface area contributed by atoms with Gasteiger partial charge < -0.3 is 30.9 Å². The average molecular weight is 305 g/mol. The van der Waals surface area contributed by atoms with E-state index in [0.29, 0.717) is 0 Å². The summed E-state index contributed by atoms with van der Waals surface area (Å²) in [7, 11) is 0. The van der Waals surface area contributed by atoms with Gasteiger partial charge in [-0.05, 0) is 12.1 Å². The van der Waals surface area contributed by atoms with E-state index in [-0.39, 0.29) is 10.7 Å². The summed E-state index contributed by atoms with van der Waals surface area (Å²) < 4.78 is 5.01. The molecule has 2 rings (SSSR count). The van der Waals surface area contributed by atoms with E-state index in [2.05, 4.69) is 4.98 Å². The minimum absolute atomic E-state index is 0.0561. The SMILES string of the molecule is NC(=O)[C@]1(O)[C@@H](O)[C@@](O)(c2ncccc2Cl)O[C@@H]1CO. The number of ether oxygens (including phenoxy) is 1. The van der Waals surface area contributed by atoms with Crippen LogP contribution in [0.15, 0.2) is 18.3 Å². The number of carbonyl (C=O) groups excluding carboxylic acids is 1. The number of rotatable bonds is 3. The molecule has 0 spiro atoms. The second-order valence-electron chi connectivity index (χ2n) is 4.41. The number of halogens is 1. The number of nitrogens with zero attached hydrogens (tertiary/aromatic N) is 1. The van der Waals surface area contributed by atoms with Crippen molar-refractivity contribution in [2.45, 2.75) is 23.6 Å². The molecule has 0 saturated carbocycles. The minimum atomic E-state index is -2.68. The number of primary amides is 1. The lowest BCUT2D eigenvalue weighted by Crippen LogP contribution is -2.60. The predicted octanol–water partition coefficient (Wildman–Crippen LogP) is -2.15. The summed E-state index contributed by atoms with van der Waals surface area (Å²) >= 11 is 5.85. The smallest absolute Gasteiger partial charge is 0.255 e. The van der Waals surface area contributed by atoms with Gasteiger partial charge in [0, 0.05) is 6.20 Å². The Morgan fingerprint density at radius 1 is 1.55 bits per heavy atom. The van der Waals surface area contributed by atoms with E-state index in [4.69, 9.17) is 27.2 Å². The van der Waals surface area contributed by atoms with E-state index in [1.54, 1.807) is 0 Å². The Labute approximate surface area is 118 Å². The van der Waals surface area contributed by atoms with Crippen LogP contribution >= 0.6 is 11.6 Å². The van der Waals surface area contributed by atoms with Crippen molar-refractivity contribution < 1.29 is 30.0 Å². The Morgan fingerprint density at radius 2 is 2.20 bits per heavy atom. The van der Waals surface area contributed by atoms with Gasteiger partial charge in [0.2, 0.25) is 11.4 Å². The Balaban J connectivity index is 2.55. The van der Waals surface area contributed by atoms with Crippen LogP contribution in [0.3, 0.4) is 0 Å². The summed E-state index contributed by atoms with van der Waals surface area (Å²) in [5.74, 6) is -3.93. The Hall–Kier alpha value is -1.29. The van der Waals surface area contributed by atoms with Gasteiger partial charge in [-0.1, -0.05) is 11.6 Å². The molecular weight excluding hydrogens is 292 g/mol. The number of pyridine rings is 1. The van der Waals surface area contributed by atoms with Crippen LogP contribution in [0.4, 0.5) is 0 Å². The third-order valence-electron chi connectivity index (χ3n) is 3.26. The fourth-order valence-electron chi connectivity index (χ4n) is 2.15. The summed E-state index contributed by atoms with van der Waals surface area (Å²) in [4.78, 5) is 15.1. The standard InChI is InChI=1S/C11H13ClN2O6/c12-5-2-1-3-14-7(5)11(19)8(16)10(18,9(13)17)6(4-15)20-11/h1-3,6,8,15-16,18-19H,4H2,(H2,13,17)/t6-,8-,10-,11-/m1/s1. The molecule has 110 valence electrons.